The summed E-state index contributed by atoms with van der Waals surface area (Å²) in [4.78, 5) is 27.3. The summed E-state index contributed by atoms with van der Waals surface area (Å²) < 4.78 is 5.36. The molecule has 6 nitrogen and oxygen atoms in total. The van der Waals surface area contributed by atoms with Crippen molar-refractivity contribution in [3.05, 3.63) is 23.9 Å². The number of pyridine rings is 1. The van der Waals surface area contributed by atoms with Gasteiger partial charge in [0.1, 0.15) is 5.82 Å². The highest BCUT2D eigenvalue weighted by Gasteiger charge is 2.19. The average molecular weight is 263 g/mol. The van der Waals surface area contributed by atoms with E-state index in [-0.39, 0.29) is 6.10 Å². The minimum Gasteiger partial charge on any atom is -0.376 e. The van der Waals surface area contributed by atoms with E-state index in [1.165, 1.54) is 0 Å². The second-order valence-electron chi connectivity index (χ2n) is 4.46. The molecule has 0 spiro atoms. The predicted octanol–water partition coefficient (Wildman–Crippen LogP) is 0.624. The number of amides is 2. The molecule has 1 unspecified atom stereocenters. The Morgan fingerprint density at radius 3 is 2.95 bits per heavy atom. The van der Waals surface area contributed by atoms with Gasteiger partial charge in [-0.05, 0) is 31.9 Å². The van der Waals surface area contributed by atoms with Crippen molar-refractivity contribution in [1.82, 2.24) is 10.3 Å². The highest BCUT2D eigenvalue weighted by molar-refractivity contribution is 6.39. The second-order valence-corrected chi connectivity index (χ2v) is 4.46. The van der Waals surface area contributed by atoms with Gasteiger partial charge < -0.3 is 15.4 Å². The Bertz CT molecular complexity index is 470. The largest absolute Gasteiger partial charge is 0.376 e. The molecule has 2 rings (SSSR count). The fraction of sp³-hybridized carbons (Fsp3) is 0.462. The standard InChI is InChI=1S/C13H17N3O3/c1-9-4-2-6-11(15-9)16-13(18)12(17)14-8-10-5-3-7-19-10/h2,4,6,10H,3,5,7-8H2,1H3,(H,14,17)(H,15,16,18). The van der Waals surface area contributed by atoms with Gasteiger partial charge in [-0.25, -0.2) is 4.98 Å². The minimum absolute atomic E-state index is 0.0221. The van der Waals surface area contributed by atoms with Crippen molar-refractivity contribution in [2.45, 2.75) is 25.9 Å². The van der Waals surface area contributed by atoms with E-state index in [0.29, 0.717) is 12.4 Å². The van der Waals surface area contributed by atoms with Crippen LogP contribution in [0.1, 0.15) is 18.5 Å². The van der Waals surface area contributed by atoms with Gasteiger partial charge in [0, 0.05) is 18.8 Å². The quantitative estimate of drug-likeness (QED) is 0.784. The molecule has 0 bridgehead atoms. The molecule has 1 atom stereocenters. The van der Waals surface area contributed by atoms with Crippen LogP contribution in [0.2, 0.25) is 0 Å². The number of aryl methyl sites for hydroxylation is 1. The predicted molar refractivity (Wildman–Crippen MR) is 69.6 cm³/mol. The summed E-state index contributed by atoms with van der Waals surface area (Å²) in [7, 11) is 0. The van der Waals surface area contributed by atoms with Crippen LogP contribution in [0.25, 0.3) is 0 Å². The number of hydrogen-bond donors (Lipinski definition) is 2. The van der Waals surface area contributed by atoms with Crippen LogP contribution in [-0.2, 0) is 14.3 Å². The third-order valence-electron chi connectivity index (χ3n) is 2.85. The molecule has 2 amide bonds. The van der Waals surface area contributed by atoms with Gasteiger partial charge in [-0.15, -0.1) is 0 Å². The van der Waals surface area contributed by atoms with Crippen LogP contribution in [0.3, 0.4) is 0 Å². The van der Waals surface area contributed by atoms with Crippen LogP contribution in [0, 0.1) is 6.92 Å². The zero-order valence-electron chi connectivity index (χ0n) is 10.8. The highest BCUT2D eigenvalue weighted by atomic mass is 16.5. The zero-order valence-corrected chi connectivity index (χ0v) is 10.8. The molecule has 0 aromatic carbocycles. The van der Waals surface area contributed by atoms with Crippen LogP contribution in [0.15, 0.2) is 18.2 Å². The Morgan fingerprint density at radius 1 is 1.42 bits per heavy atom. The molecule has 0 saturated carbocycles. The van der Waals surface area contributed by atoms with E-state index in [4.69, 9.17) is 4.74 Å². The number of nitrogens with one attached hydrogen (secondary N) is 2. The number of anilines is 1. The Morgan fingerprint density at radius 2 is 2.26 bits per heavy atom. The number of nitrogens with zero attached hydrogens (tertiary/aromatic N) is 1. The fourth-order valence-corrected chi connectivity index (χ4v) is 1.88. The summed E-state index contributed by atoms with van der Waals surface area (Å²) in [5, 5.41) is 5.01. The fourth-order valence-electron chi connectivity index (χ4n) is 1.88. The van der Waals surface area contributed by atoms with Gasteiger partial charge >= 0.3 is 11.8 Å². The summed E-state index contributed by atoms with van der Waals surface area (Å²) in [6.45, 7) is 2.90. The number of carbonyl (C=O) groups is 2. The first-order valence-corrected chi connectivity index (χ1v) is 6.29. The maximum absolute atomic E-state index is 11.6. The second kappa shape index (κ2) is 6.29. The van der Waals surface area contributed by atoms with Crippen LogP contribution < -0.4 is 10.6 Å². The van der Waals surface area contributed by atoms with Gasteiger partial charge in [-0.3, -0.25) is 9.59 Å². The van der Waals surface area contributed by atoms with Crippen molar-refractivity contribution in [1.29, 1.82) is 0 Å². The van der Waals surface area contributed by atoms with Crippen molar-refractivity contribution < 1.29 is 14.3 Å². The molecule has 0 radical (unpaired) electrons. The molecular formula is C13H17N3O3. The number of ether oxygens (including phenoxy) is 1. The van der Waals surface area contributed by atoms with Crippen LogP contribution in [0.4, 0.5) is 5.82 Å². The van der Waals surface area contributed by atoms with Gasteiger partial charge in [0.25, 0.3) is 0 Å². The Kier molecular flexibility index (Phi) is 4.46. The first kappa shape index (κ1) is 13.5. The molecule has 6 heteroatoms. The summed E-state index contributed by atoms with van der Waals surface area (Å²) in [5.74, 6) is -1.01. The van der Waals surface area contributed by atoms with Crippen molar-refractivity contribution in [2.24, 2.45) is 0 Å². The van der Waals surface area contributed by atoms with E-state index in [2.05, 4.69) is 15.6 Å². The van der Waals surface area contributed by atoms with Crippen LogP contribution in [-0.4, -0.2) is 36.1 Å². The lowest BCUT2D eigenvalue weighted by atomic mass is 10.2. The van der Waals surface area contributed by atoms with E-state index in [1.54, 1.807) is 12.1 Å². The molecule has 2 N–H and O–H groups in total. The average Bonchev–Trinajstić information content (AvgIpc) is 2.89. The van der Waals surface area contributed by atoms with Gasteiger partial charge in [0.2, 0.25) is 0 Å². The molecule has 1 saturated heterocycles. The first-order chi connectivity index (χ1) is 9.15. The van der Waals surface area contributed by atoms with E-state index >= 15 is 0 Å². The minimum atomic E-state index is -0.712. The van der Waals surface area contributed by atoms with Gasteiger partial charge in [-0.2, -0.15) is 0 Å². The lowest BCUT2D eigenvalue weighted by molar-refractivity contribution is -0.136. The topological polar surface area (TPSA) is 80.3 Å². The Hall–Kier alpha value is -1.95. The van der Waals surface area contributed by atoms with Gasteiger partial charge in [0.05, 0.1) is 6.10 Å². The molecule has 19 heavy (non-hydrogen) atoms. The maximum Gasteiger partial charge on any atom is 0.314 e. The highest BCUT2D eigenvalue weighted by Crippen LogP contribution is 2.10. The number of rotatable bonds is 3. The molecule has 2 heterocycles. The molecular weight excluding hydrogens is 246 g/mol. The first-order valence-electron chi connectivity index (χ1n) is 6.29. The van der Waals surface area contributed by atoms with Crippen LogP contribution in [0.5, 0.6) is 0 Å². The normalized spacial score (nSPS) is 18.1. The van der Waals surface area contributed by atoms with Gasteiger partial charge in [-0.1, -0.05) is 6.07 Å². The Labute approximate surface area is 111 Å². The van der Waals surface area contributed by atoms with Gasteiger partial charge in [0.15, 0.2) is 0 Å². The molecule has 1 aromatic rings. The molecule has 1 aromatic heterocycles. The summed E-state index contributed by atoms with van der Waals surface area (Å²) >= 11 is 0. The summed E-state index contributed by atoms with van der Waals surface area (Å²) in [5.41, 5.74) is 0.776. The third kappa shape index (κ3) is 4.03. The number of hydrogen-bond acceptors (Lipinski definition) is 4. The molecule has 1 aliphatic heterocycles. The lowest BCUT2D eigenvalue weighted by Gasteiger charge is -2.10. The SMILES string of the molecule is Cc1cccc(NC(=O)C(=O)NCC2CCCO2)n1. The number of aromatic nitrogens is 1. The van der Waals surface area contributed by atoms with E-state index in [9.17, 15) is 9.59 Å². The molecule has 0 aliphatic carbocycles. The molecule has 1 aliphatic rings. The smallest absolute Gasteiger partial charge is 0.314 e. The van der Waals surface area contributed by atoms with Crippen molar-refractivity contribution in [3.63, 3.8) is 0 Å². The van der Waals surface area contributed by atoms with Crippen molar-refractivity contribution in [3.8, 4) is 0 Å². The maximum atomic E-state index is 11.6. The third-order valence-corrected chi connectivity index (χ3v) is 2.85. The molecule has 1 fully saturated rings. The monoisotopic (exact) mass is 263 g/mol. The van der Waals surface area contributed by atoms with Crippen molar-refractivity contribution >= 4 is 17.6 Å². The van der Waals surface area contributed by atoms with E-state index in [1.807, 2.05) is 13.0 Å². The van der Waals surface area contributed by atoms with Crippen molar-refractivity contribution in [2.75, 3.05) is 18.5 Å². The molecule has 102 valence electrons. The zero-order chi connectivity index (χ0) is 13.7. The lowest BCUT2D eigenvalue weighted by Crippen LogP contribution is -2.39. The Balaban J connectivity index is 1.80. The number of carbonyl (C=O) groups excluding carboxylic acids is 2. The van der Waals surface area contributed by atoms with Crippen LogP contribution >= 0.6 is 0 Å². The van der Waals surface area contributed by atoms with E-state index in [0.717, 1.165) is 25.1 Å². The summed E-state index contributed by atoms with van der Waals surface area (Å²) in [6.07, 6.45) is 1.94. The van der Waals surface area contributed by atoms with E-state index < -0.39 is 11.8 Å². The summed E-state index contributed by atoms with van der Waals surface area (Å²) in [6, 6.07) is 5.22.